The molecule has 0 aliphatic heterocycles. The van der Waals surface area contributed by atoms with E-state index in [4.69, 9.17) is 9.47 Å². The number of anilines is 4. The van der Waals surface area contributed by atoms with Crippen LogP contribution >= 0.6 is 0 Å². The first-order chi connectivity index (χ1) is 26.2. The first-order valence-electron chi connectivity index (χ1n) is 16.8. The van der Waals surface area contributed by atoms with Crippen LogP contribution in [0.2, 0.25) is 0 Å². The first kappa shape index (κ1) is 43.3. The molecule has 0 radical (unpaired) electrons. The molecule has 0 saturated heterocycles. The molecule has 0 heterocycles. The number of amides is 4. The number of phenols is 2. The molecule has 4 aromatic carbocycles. The predicted octanol–water partition coefficient (Wildman–Crippen LogP) is 9.71. The fourth-order valence-electron chi connectivity index (χ4n) is 5.43. The van der Waals surface area contributed by atoms with Crippen molar-refractivity contribution in [2.45, 2.75) is 70.5 Å². The van der Waals surface area contributed by atoms with E-state index in [9.17, 15) is 29.4 Å². The standard InChI is InChI=1S/C39H38F6N4O8/c1-35(2,3)56-33(54)46-25-11-7-9-21(17-25)31(52)48-27-19-23(13-15-29(27)50)37(38(40,41)42,39(43,44)45)24-14-16-30(51)28(20-24)49-32(53)22-10-8-12-26(18-22)47-34(55)57-36(4,5)6/h7-20,50-51H,1-6H3,(H,46,54)(H,47,55)(H,48,52)(H,49,53). The highest BCUT2D eigenvalue weighted by molar-refractivity contribution is 6.07. The Bertz CT molecular complexity index is 2020. The molecule has 57 heavy (non-hydrogen) atoms. The number of phenolic OH excluding ortho intramolecular Hbond substituents is 2. The fraction of sp³-hybridized carbons (Fsp3) is 0.282. The van der Waals surface area contributed by atoms with Crippen LogP contribution in [0.1, 0.15) is 73.4 Å². The number of carbonyl (C=O) groups is 4. The Kier molecular flexibility index (Phi) is 12.1. The lowest BCUT2D eigenvalue weighted by atomic mass is 9.72. The second-order valence-corrected chi connectivity index (χ2v) is 14.5. The maximum atomic E-state index is 15.2. The summed E-state index contributed by atoms with van der Waals surface area (Å²) in [6, 6.07) is 12.6. The average molecular weight is 805 g/mol. The third kappa shape index (κ3) is 10.4. The molecule has 0 fully saturated rings. The van der Waals surface area contributed by atoms with Crippen LogP contribution in [0.5, 0.6) is 11.5 Å². The number of ether oxygens (including phenoxy) is 2. The number of halogens is 6. The van der Waals surface area contributed by atoms with Crippen LogP contribution in [0.25, 0.3) is 0 Å². The summed E-state index contributed by atoms with van der Waals surface area (Å²) < 4.78 is 101. The van der Waals surface area contributed by atoms with Crippen molar-refractivity contribution in [3.8, 4) is 11.5 Å². The summed E-state index contributed by atoms with van der Waals surface area (Å²) in [6.45, 7) is 9.66. The number of aromatic hydroxyl groups is 2. The molecule has 4 amide bonds. The highest BCUT2D eigenvalue weighted by Crippen LogP contribution is 2.57. The van der Waals surface area contributed by atoms with Crippen LogP contribution in [-0.2, 0) is 14.9 Å². The molecule has 4 rings (SSSR count). The van der Waals surface area contributed by atoms with Gasteiger partial charge in [0, 0.05) is 22.5 Å². The molecule has 6 N–H and O–H groups in total. The summed E-state index contributed by atoms with van der Waals surface area (Å²) >= 11 is 0. The summed E-state index contributed by atoms with van der Waals surface area (Å²) in [5.41, 5.74) is -11.6. The number of benzene rings is 4. The lowest BCUT2D eigenvalue weighted by Crippen LogP contribution is -2.54. The van der Waals surface area contributed by atoms with E-state index in [0.29, 0.717) is 36.4 Å². The van der Waals surface area contributed by atoms with Crippen LogP contribution in [0, 0.1) is 0 Å². The first-order valence-corrected chi connectivity index (χ1v) is 16.8. The minimum absolute atomic E-state index is 0.0587. The number of nitrogens with one attached hydrogen (secondary N) is 4. The molecule has 4 aromatic rings. The second kappa shape index (κ2) is 16.0. The van der Waals surface area contributed by atoms with Gasteiger partial charge in [-0.1, -0.05) is 24.3 Å². The van der Waals surface area contributed by atoms with E-state index in [0.717, 1.165) is 12.1 Å². The second-order valence-electron chi connectivity index (χ2n) is 14.5. The van der Waals surface area contributed by atoms with Crippen LogP contribution < -0.4 is 21.3 Å². The van der Waals surface area contributed by atoms with Crippen LogP contribution in [0.15, 0.2) is 84.9 Å². The SMILES string of the molecule is CC(C)(C)OC(=O)Nc1cccc(C(=O)Nc2cc(C(c3ccc(O)c(NC(=O)c4cccc(NC(=O)OC(C)(C)C)c4)c3)(C(F)(F)F)C(F)(F)F)ccc2O)c1. The zero-order valence-electron chi connectivity index (χ0n) is 31.2. The predicted molar refractivity (Wildman–Crippen MR) is 198 cm³/mol. The molecule has 0 saturated carbocycles. The van der Waals surface area contributed by atoms with Gasteiger partial charge in [0.15, 0.2) is 0 Å². The van der Waals surface area contributed by atoms with Crippen LogP contribution in [0.4, 0.5) is 58.7 Å². The zero-order valence-corrected chi connectivity index (χ0v) is 31.2. The van der Waals surface area contributed by atoms with Gasteiger partial charge in [-0.05, 0) is 113 Å². The number of rotatable bonds is 8. The molecule has 0 aliphatic rings. The van der Waals surface area contributed by atoms with E-state index < -0.39 is 87.0 Å². The summed E-state index contributed by atoms with van der Waals surface area (Å²) in [4.78, 5) is 50.7. The normalized spacial score (nSPS) is 12.3. The molecule has 0 spiro atoms. The number of alkyl halides is 6. The van der Waals surface area contributed by atoms with Crippen molar-refractivity contribution in [1.29, 1.82) is 0 Å². The Hall–Kier alpha value is -6.46. The zero-order chi connectivity index (χ0) is 42.7. The molecule has 0 bridgehead atoms. The highest BCUT2D eigenvalue weighted by Gasteiger charge is 2.72. The fourth-order valence-corrected chi connectivity index (χ4v) is 5.43. The molecule has 18 heteroatoms. The summed E-state index contributed by atoms with van der Waals surface area (Å²) in [5.74, 6) is -3.95. The van der Waals surface area contributed by atoms with Crippen molar-refractivity contribution >= 4 is 46.8 Å². The summed E-state index contributed by atoms with van der Waals surface area (Å²) in [5, 5.41) is 30.0. The van der Waals surface area contributed by atoms with Gasteiger partial charge in [0.1, 0.15) is 22.7 Å². The third-order valence-corrected chi connectivity index (χ3v) is 7.75. The Balaban J connectivity index is 1.71. The van der Waals surface area contributed by atoms with Crippen molar-refractivity contribution in [3.05, 3.63) is 107 Å². The van der Waals surface area contributed by atoms with Crippen LogP contribution in [-0.4, -0.2) is 57.8 Å². The molecular weight excluding hydrogens is 766 g/mol. The molecule has 0 aliphatic carbocycles. The number of carbonyl (C=O) groups excluding carboxylic acids is 4. The molecule has 0 aromatic heterocycles. The van der Waals surface area contributed by atoms with Gasteiger partial charge >= 0.3 is 24.5 Å². The van der Waals surface area contributed by atoms with E-state index in [1.807, 2.05) is 0 Å². The number of hydrogen-bond acceptors (Lipinski definition) is 8. The Labute approximate surface area is 322 Å². The number of hydrogen-bond donors (Lipinski definition) is 6. The molecule has 304 valence electrons. The van der Waals surface area contributed by atoms with Gasteiger partial charge < -0.3 is 30.3 Å². The van der Waals surface area contributed by atoms with Gasteiger partial charge in [-0.25, -0.2) is 9.59 Å². The lowest BCUT2D eigenvalue weighted by Gasteiger charge is -2.38. The molecular formula is C39H38F6N4O8. The van der Waals surface area contributed by atoms with E-state index in [1.54, 1.807) is 41.5 Å². The third-order valence-electron chi connectivity index (χ3n) is 7.75. The summed E-state index contributed by atoms with van der Waals surface area (Å²) in [7, 11) is 0. The van der Waals surface area contributed by atoms with E-state index in [2.05, 4.69) is 21.3 Å². The molecule has 12 nitrogen and oxygen atoms in total. The minimum Gasteiger partial charge on any atom is -0.506 e. The minimum atomic E-state index is -6.16. The topological polar surface area (TPSA) is 175 Å². The van der Waals surface area contributed by atoms with Crippen molar-refractivity contribution < 1.29 is 65.2 Å². The Morgan fingerprint density at radius 3 is 1.18 bits per heavy atom. The molecule has 0 unspecified atom stereocenters. The highest BCUT2D eigenvalue weighted by atomic mass is 19.4. The Morgan fingerprint density at radius 1 is 0.509 bits per heavy atom. The maximum absolute atomic E-state index is 15.2. The summed E-state index contributed by atoms with van der Waals surface area (Å²) in [6.07, 6.45) is -14.1. The van der Waals surface area contributed by atoms with Gasteiger partial charge in [0.2, 0.25) is 5.41 Å². The molecule has 0 atom stereocenters. The maximum Gasteiger partial charge on any atom is 0.412 e. The lowest BCUT2D eigenvalue weighted by molar-refractivity contribution is -0.288. The van der Waals surface area contributed by atoms with Gasteiger partial charge in [-0.15, -0.1) is 0 Å². The van der Waals surface area contributed by atoms with Crippen LogP contribution in [0.3, 0.4) is 0 Å². The monoisotopic (exact) mass is 804 g/mol. The largest absolute Gasteiger partial charge is 0.506 e. The van der Waals surface area contributed by atoms with E-state index in [1.165, 1.54) is 36.4 Å². The quantitative estimate of drug-likeness (QED) is 0.0754. The van der Waals surface area contributed by atoms with E-state index in [-0.39, 0.29) is 22.5 Å². The van der Waals surface area contributed by atoms with Crippen molar-refractivity contribution in [2.24, 2.45) is 0 Å². The van der Waals surface area contributed by atoms with Crippen molar-refractivity contribution in [3.63, 3.8) is 0 Å². The van der Waals surface area contributed by atoms with E-state index >= 15 is 26.3 Å². The van der Waals surface area contributed by atoms with Gasteiger partial charge in [-0.3, -0.25) is 20.2 Å². The smallest absolute Gasteiger partial charge is 0.412 e. The van der Waals surface area contributed by atoms with Gasteiger partial charge in [0.05, 0.1) is 11.4 Å². The average Bonchev–Trinajstić information content (AvgIpc) is 3.05. The van der Waals surface area contributed by atoms with Crippen molar-refractivity contribution in [1.82, 2.24) is 0 Å². The van der Waals surface area contributed by atoms with Crippen molar-refractivity contribution in [2.75, 3.05) is 21.3 Å². The Morgan fingerprint density at radius 2 is 0.860 bits per heavy atom. The van der Waals surface area contributed by atoms with Gasteiger partial charge in [-0.2, -0.15) is 26.3 Å². The van der Waals surface area contributed by atoms with Gasteiger partial charge in [0.25, 0.3) is 11.8 Å².